The highest BCUT2D eigenvalue weighted by atomic mass is 15.2. The molecule has 68 valence electrons. The highest BCUT2D eigenvalue weighted by Crippen LogP contribution is 2.32. The molecular weight excluding hydrogens is 148 g/mol. The van der Waals surface area contributed by atoms with Gasteiger partial charge < -0.3 is 0 Å². The summed E-state index contributed by atoms with van der Waals surface area (Å²) in [6.45, 7) is 8.75. The Labute approximate surface area is 75.2 Å². The van der Waals surface area contributed by atoms with Crippen LogP contribution in [0.25, 0.3) is 0 Å². The Balaban J connectivity index is 2.75. The highest BCUT2D eigenvalue weighted by Gasteiger charge is 2.37. The fourth-order valence-corrected chi connectivity index (χ4v) is 2.14. The van der Waals surface area contributed by atoms with Gasteiger partial charge in [-0.25, -0.2) is 0 Å². The normalized spacial score (nSPS) is 29.7. The molecule has 1 fully saturated rings. The van der Waals surface area contributed by atoms with E-state index in [1.165, 1.54) is 6.42 Å². The Morgan fingerprint density at radius 1 is 1.58 bits per heavy atom. The Hall–Kier alpha value is -0.550. The van der Waals surface area contributed by atoms with Gasteiger partial charge in [0.15, 0.2) is 0 Å². The molecule has 0 spiro atoms. The molecule has 1 unspecified atom stereocenters. The van der Waals surface area contributed by atoms with Gasteiger partial charge in [-0.05, 0) is 39.8 Å². The van der Waals surface area contributed by atoms with Crippen LogP contribution in [0.1, 0.15) is 33.6 Å². The summed E-state index contributed by atoms with van der Waals surface area (Å²) in [5.41, 5.74) is 0.0851. The van der Waals surface area contributed by atoms with Gasteiger partial charge in [-0.3, -0.25) is 4.90 Å². The maximum atomic E-state index is 8.96. The first-order chi connectivity index (χ1) is 5.62. The SMILES string of the molecule is CCN1CCCC(C#N)C1(C)C. The minimum absolute atomic E-state index is 0.0851. The largest absolute Gasteiger partial charge is 0.297 e. The molecule has 12 heavy (non-hydrogen) atoms. The molecule has 2 nitrogen and oxygen atoms in total. The van der Waals surface area contributed by atoms with Crippen molar-refractivity contribution in [2.24, 2.45) is 5.92 Å². The monoisotopic (exact) mass is 166 g/mol. The zero-order valence-electron chi connectivity index (χ0n) is 8.30. The Kier molecular flexibility index (Phi) is 2.74. The second kappa shape index (κ2) is 3.45. The third-order valence-electron chi connectivity index (χ3n) is 3.13. The highest BCUT2D eigenvalue weighted by molar-refractivity contribution is 5.02. The van der Waals surface area contributed by atoms with Gasteiger partial charge in [0.1, 0.15) is 0 Å². The first-order valence-electron chi connectivity index (χ1n) is 4.77. The summed E-state index contributed by atoms with van der Waals surface area (Å²) >= 11 is 0. The minimum Gasteiger partial charge on any atom is -0.297 e. The second-order valence-corrected chi connectivity index (χ2v) is 4.06. The van der Waals surface area contributed by atoms with Crippen LogP contribution >= 0.6 is 0 Å². The van der Waals surface area contributed by atoms with Crippen LogP contribution in [-0.4, -0.2) is 23.5 Å². The molecule has 1 aliphatic rings. The van der Waals surface area contributed by atoms with Crippen LogP contribution in [0.2, 0.25) is 0 Å². The lowest BCUT2D eigenvalue weighted by atomic mass is 9.80. The van der Waals surface area contributed by atoms with Gasteiger partial charge in [-0.15, -0.1) is 0 Å². The summed E-state index contributed by atoms with van der Waals surface area (Å²) in [5.74, 6) is 0.214. The maximum Gasteiger partial charge on any atom is 0.0675 e. The first-order valence-corrected chi connectivity index (χ1v) is 4.77. The number of hydrogen-bond donors (Lipinski definition) is 0. The van der Waals surface area contributed by atoms with E-state index in [0.717, 1.165) is 19.5 Å². The summed E-state index contributed by atoms with van der Waals surface area (Å²) in [7, 11) is 0. The standard InChI is InChI=1S/C10H18N2/c1-4-12-7-5-6-9(8-11)10(12,2)3/h9H,4-7H2,1-3H3. The predicted octanol–water partition coefficient (Wildman–Crippen LogP) is 2.02. The van der Waals surface area contributed by atoms with Crippen molar-refractivity contribution < 1.29 is 0 Å². The van der Waals surface area contributed by atoms with Crippen molar-refractivity contribution in [3.8, 4) is 6.07 Å². The quantitative estimate of drug-likeness (QED) is 0.596. The smallest absolute Gasteiger partial charge is 0.0675 e. The lowest BCUT2D eigenvalue weighted by Gasteiger charge is -2.45. The number of rotatable bonds is 1. The van der Waals surface area contributed by atoms with Crippen molar-refractivity contribution in [2.75, 3.05) is 13.1 Å². The van der Waals surface area contributed by atoms with Gasteiger partial charge in [-0.1, -0.05) is 6.92 Å². The molecule has 0 aromatic carbocycles. The van der Waals surface area contributed by atoms with E-state index in [9.17, 15) is 0 Å². The summed E-state index contributed by atoms with van der Waals surface area (Å²) in [4.78, 5) is 2.41. The zero-order chi connectivity index (χ0) is 9.19. The Morgan fingerprint density at radius 3 is 2.75 bits per heavy atom. The molecule has 0 amide bonds. The molecule has 1 heterocycles. The van der Waals surface area contributed by atoms with Crippen LogP contribution in [0.5, 0.6) is 0 Å². The van der Waals surface area contributed by atoms with Crippen LogP contribution in [0, 0.1) is 17.2 Å². The van der Waals surface area contributed by atoms with Crippen molar-refractivity contribution in [1.29, 1.82) is 5.26 Å². The van der Waals surface area contributed by atoms with Gasteiger partial charge in [0.2, 0.25) is 0 Å². The summed E-state index contributed by atoms with van der Waals surface area (Å²) in [5, 5.41) is 8.96. The number of piperidine rings is 1. The van der Waals surface area contributed by atoms with Crippen LogP contribution < -0.4 is 0 Å². The minimum atomic E-state index is 0.0851. The van der Waals surface area contributed by atoms with E-state index in [1.54, 1.807) is 0 Å². The molecular formula is C10H18N2. The van der Waals surface area contributed by atoms with Gasteiger partial charge in [-0.2, -0.15) is 5.26 Å². The van der Waals surface area contributed by atoms with Crippen molar-refractivity contribution in [1.82, 2.24) is 4.90 Å². The van der Waals surface area contributed by atoms with Crippen LogP contribution in [0.3, 0.4) is 0 Å². The van der Waals surface area contributed by atoms with E-state index in [1.807, 2.05) is 0 Å². The lowest BCUT2D eigenvalue weighted by Crippen LogP contribution is -2.52. The van der Waals surface area contributed by atoms with E-state index in [-0.39, 0.29) is 11.5 Å². The Morgan fingerprint density at radius 2 is 2.25 bits per heavy atom. The number of nitriles is 1. The maximum absolute atomic E-state index is 8.96. The van der Waals surface area contributed by atoms with E-state index in [2.05, 4.69) is 31.7 Å². The molecule has 0 aromatic heterocycles. The van der Waals surface area contributed by atoms with E-state index in [4.69, 9.17) is 5.26 Å². The topological polar surface area (TPSA) is 27.0 Å². The molecule has 0 N–H and O–H groups in total. The van der Waals surface area contributed by atoms with E-state index in [0.29, 0.717) is 0 Å². The van der Waals surface area contributed by atoms with Crippen LogP contribution in [0.4, 0.5) is 0 Å². The number of likely N-dealkylation sites (tertiary alicyclic amines) is 1. The molecule has 1 saturated heterocycles. The summed E-state index contributed by atoms with van der Waals surface area (Å²) in [6, 6.07) is 2.42. The molecule has 0 aliphatic carbocycles. The van der Waals surface area contributed by atoms with Crippen molar-refractivity contribution >= 4 is 0 Å². The predicted molar refractivity (Wildman–Crippen MR) is 49.7 cm³/mol. The fourth-order valence-electron chi connectivity index (χ4n) is 2.14. The van der Waals surface area contributed by atoms with E-state index < -0.39 is 0 Å². The molecule has 2 heteroatoms. The molecule has 0 aromatic rings. The van der Waals surface area contributed by atoms with Crippen molar-refractivity contribution in [2.45, 2.75) is 39.2 Å². The molecule has 0 bridgehead atoms. The van der Waals surface area contributed by atoms with E-state index >= 15 is 0 Å². The van der Waals surface area contributed by atoms with Crippen molar-refractivity contribution in [3.63, 3.8) is 0 Å². The second-order valence-electron chi connectivity index (χ2n) is 4.06. The van der Waals surface area contributed by atoms with Gasteiger partial charge >= 0.3 is 0 Å². The molecule has 1 aliphatic heterocycles. The fraction of sp³-hybridized carbons (Fsp3) is 0.900. The van der Waals surface area contributed by atoms with Crippen LogP contribution in [0.15, 0.2) is 0 Å². The van der Waals surface area contributed by atoms with Crippen molar-refractivity contribution in [3.05, 3.63) is 0 Å². The van der Waals surface area contributed by atoms with Gasteiger partial charge in [0.25, 0.3) is 0 Å². The van der Waals surface area contributed by atoms with Crippen LogP contribution in [-0.2, 0) is 0 Å². The molecule has 1 rings (SSSR count). The first kappa shape index (κ1) is 9.54. The Bertz CT molecular complexity index is 191. The van der Waals surface area contributed by atoms with Gasteiger partial charge in [0.05, 0.1) is 12.0 Å². The molecule has 1 atom stereocenters. The van der Waals surface area contributed by atoms with Gasteiger partial charge in [0, 0.05) is 5.54 Å². The number of hydrogen-bond acceptors (Lipinski definition) is 2. The number of nitrogens with zero attached hydrogens (tertiary/aromatic N) is 2. The summed E-state index contributed by atoms with van der Waals surface area (Å²) < 4.78 is 0. The average molecular weight is 166 g/mol. The summed E-state index contributed by atoms with van der Waals surface area (Å²) in [6.07, 6.45) is 2.25. The average Bonchev–Trinajstić information content (AvgIpc) is 2.03. The molecule has 0 saturated carbocycles. The third kappa shape index (κ3) is 1.47. The zero-order valence-corrected chi connectivity index (χ0v) is 8.30. The third-order valence-corrected chi connectivity index (χ3v) is 3.13. The molecule has 0 radical (unpaired) electrons. The lowest BCUT2D eigenvalue weighted by molar-refractivity contribution is 0.0507.